The van der Waals surface area contributed by atoms with Crippen LogP contribution >= 0.6 is 11.8 Å². The Balaban J connectivity index is 1.85. The Morgan fingerprint density at radius 3 is 2.89 bits per heavy atom. The molecule has 2 rings (SSSR count). The second kappa shape index (κ2) is 6.40. The maximum absolute atomic E-state index is 12.2. The fourth-order valence-corrected chi connectivity index (χ4v) is 3.06. The molecule has 0 bridgehead atoms. The molecule has 7 heteroatoms. The average molecular weight is 273 g/mol. The van der Waals surface area contributed by atoms with E-state index in [-0.39, 0.29) is 23.8 Å². The number of carbonyl (C=O) groups is 2. The van der Waals surface area contributed by atoms with Crippen molar-refractivity contribution in [1.82, 2.24) is 15.1 Å². The predicted octanol–water partition coefficient (Wildman–Crippen LogP) is -0.662. The lowest BCUT2D eigenvalue weighted by Crippen LogP contribution is -2.46. The minimum absolute atomic E-state index is 0.0270. The topological polar surface area (TPSA) is 72.9 Å². The Labute approximate surface area is 111 Å². The number of hydrogen-bond donors (Lipinski definition) is 2. The van der Waals surface area contributed by atoms with Crippen LogP contribution in [0.25, 0.3) is 0 Å². The van der Waals surface area contributed by atoms with Crippen LogP contribution < -0.4 is 5.32 Å². The Morgan fingerprint density at radius 2 is 2.22 bits per heavy atom. The smallest absolute Gasteiger partial charge is 0.279 e. The maximum atomic E-state index is 12.2. The minimum Gasteiger partial charge on any atom is -0.395 e. The lowest BCUT2D eigenvalue weighted by Gasteiger charge is -2.24. The summed E-state index contributed by atoms with van der Waals surface area (Å²) in [7, 11) is 0. The number of thioether (sulfide) groups is 1. The molecule has 0 spiro atoms. The van der Waals surface area contributed by atoms with Gasteiger partial charge >= 0.3 is 0 Å². The van der Waals surface area contributed by atoms with Gasteiger partial charge in [0.2, 0.25) is 5.91 Å². The van der Waals surface area contributed by atoms with E-state index in [9.17, 15) is 9.59 Å². The standard InChI is InChI=1S/C11H19N3O3S/c15-7-6-13-2-1-3-14(5-4-13)10(16)9-8-18-11(17)12-9/h9,15H,1-8H2,(H,12,17). The van der Waals surface area contributed by atoms with E-state index < -0.39 is 0 Å². The molecule has 6 nitrogen and oxygen atoms in total. The molecule has 1 unspecified atom stereocenters. The fraction of sp³-hybridized carbons (Fsp3) is 0.818. The van der Waals surface area contributed by atoms with Gasteiger partial charge in [-0.15, -0.1) is 0 Å². The van der Waals surface area contributed by atoms with E-state index in [2.05, 4.69) is 10.2 Å². The summed E-state index contributed by atoms with van der Waals surface area (Å²) in [6.07, 6.45) is 0.916. The van der Waals surface area contributed by atoms with Crippen LogP contribution in [0.4, 0.5) is 4.79 Å². The van der Waals surface area contributed by atoms with Crippen molar-refractivity contribution in [1.29, 1.82) is 0 Å². The van der Waals surface area contributed by atoms with E-state index in [0.29, 0.717) is 18.8 Å². The first-order chi connectivity index (χ1) is 8.70. The highest BCUT2D eigenvalue weighted by atomic mass is 32.2. The summed E-state index contributed by atoms with van der Waals surface area (Å²) in [6.45, 7) is 3.94. The first-order valence-corrected chi connectivity index (χ1v) is 7.24. The van der Waals surface area contributed by atoms with Gasteiger partial charge in [-0.3, -0.25) is 14.5 Å². The van der Waals surface area contributed by atoms with Gasteiger partial charge in [-0.2, -0.15) is 0 Å². The molecule has 102 valence electrons. The van der Waals surface area contributed by atoms with E-state index >= 15 is 0 Å². The van der Waals surface area contributed by atoms with E-state index in [1.807, 2.05) is 4.90 Å². The molecule has 0 aromatic heterocycles. The minimum atomic E-state index is -0.355. The molecule has 0 aromatic carbocycles. The zero-order valence-electron chi connectivity index (χ0n) is 10.3. The summed E-state index contributed by atoms with van der Waals surface area (Å²) in [5.41, 5.74) is 0. The van der Waals surface area contributed by atoms with Crippen LogP contribution in [-0.2, 0) is 4.79 Å². The number of aliphatic hydroxyl groups is 1. The van der Waals surface area contributed by atoms with Gasteiger partial charge in [0, 0.05) is 31.9 Å². The van der Waals surface area contributed by atoms with Gasteiger partial charge in [0.25, 0.3) is 5.24 Å². The van der Waals surface area contributed by atoms with E-state index in [0.717, 1.165) is 26.1 Å². The molecule has 18 heavy (non-hydrogen) atoms. The summed E-state index contributed by atoms with van der Waals surface area (Å²) in [6, 6.07) is -0.355. The van der Waals surface area contributed by atoms with Gasteiger partial charge in [-0.1, -0.05) is 11.8 Å². The van der Waals surface area contributed by atoms with Crippen LogP contribution in [0.1, 0.15) is 6.42 Å². The molecule has 0 aromatic rings. The molecule has 2 N–H and O–H groups in total. The number of hydrogen-bond acceptors (Lipinski definition) is 5. The van der Waals surface area contributed by atoms with E-state index in [1.54, 1.807) is 0 Å². The molecule has 2 aliphatic rings. The van der Waals surface area contributed by atoms with Crippen molar-refractivity contribution in [3.05, 3.63) is 0 Å². The molecule has 2 aliphatic heterocycles. The number of amides is 2. The molecule has 0 radical (unpaired) electrons. The summed E-state index contributed by atoms with van der Waals surface area (Å²) >= 11 is 1.17. The largest absolute Gasteiger partial charge is 0.395 e. The van der Waals surface area contributed by atoms with Crippen LogP contribution in [0.5, 0.6) is 0 Å². The van der Waals surface area contributed by atoms with Gasteiger partial charge in [-0.05, 0) is 13.0 Å². The van der Waals surface area contributed by atoms with Crippen LogP contribution in [0.3, 0.4) is 0 Å². The third-order valence-electron chi connectivity index (χ3n) is 3.29. The second-order valence-electron chi connectivity index (χ2n) is 4.54. The highest BCUT2D eigenvalue weighted by Gasteiger charge is 2.32. The monoisotopic (exact) mass is 273 g/mol. The van der Waals surface area contributed by atoms with Crippen LogP contribution in [0.2, 0.25) is 0 Å². The van der Waals surface area contributed by atoms with Crippen molar-refractivity contribution in [3.63, 3.8) is 0 Å². The SMILES string of the molecule is O=C1NC(C(=O)N2CCCN(CCO)CC2)CS1. The lowest BCUT2D eigenvalue weighted by molar-refractivity contribution is -0.132. The molecule has 2 heterocycles. The van der Waals surface area contributed by atoms with Gasteiger partial charge in [0.1, 0.15) is 6.04 Å². The number of β-amino-alcohol motifs (C(OH)–C–C–N with tert-alkyl or cyclic N) is 1. The number of aliphatic hydroxyl groups excluding tert-OH is 1. The highest BCUT2D eigenvalue weighted by molar-refractivity contribution is 8.14. The highest BCUT2D eigenvalue weighted by Crippen LogP contribution is 2.15. The van der Waals surface area contributed by atoms with Crippen LogP contribution in [0.15, 0.2) is 0 Å². The first kappa shape index (κ1) is 13.6. The Kier molecular flexibility index (Phi) is 4.85. The number of nitrogens with zero attached hydrogens (tertiary/aromatic N) is 2. The van der Waals surface area contributed by atoms with Crippen LogP contribution in [-0.4, -0.2) is 77.2 Å². The molecule has 2 fully saturated rings. The predicted molar refractivity (Wildman–Crippen MR) is 69.5 cm³/mol. The molecular formula is C11H19N3O3S. The van der Waals surface area contributed by atoms with Gasteiger partial charge in [-0.25, -0.2) is 0 Å². The number of rotatable bonds is 3. The third kappa shape index (κ3) is 3.37. The molecule has 2 saturated heterocycles. The molecule has 1 atom stereocenters. The van der Waals surface area contributed by atoms with Gasteiger partial charge in [0.05, 0.1) is 6.61 Å². The van der Waals surface area contributed by atoms with E-state index in [4.69, 9.17) is 5.11 Å². The lowest BCUT2D eigenvalue weighted by atomic mass is 10.2. The van der Waals surface area contributed by atoms with Crippen LogP contribution in [0, 0.1) is 0 Å². The molecule has 0 aliphatic carbocycles. The Bertz CT molecular complexity index is 327. The Morgan fingerprint density at radius 1 is 1.39 bits per heavy atom. The zero-order valence-corrected chi connectivity index (χ0v) is 11.1. The maximum Gasteiger partial charge on any atom is 0.279 e. The summed E-state index contributed by atoms with van der Waals surface area (Å²) in [4.78, 5) is 27.3. The summed E-state index contributed by atoms with van der Waals surface area (Å²) < 4.78 is 0. The van der Waals surface area contributed by atoms with Crippen molar-refractivity contribution in [2.45, 2.75) is 12.5 Å². The molecule has 0 saturated carbocycles. The van der Waals surface area contributed by atoms with Crippen molar-refractivity contribution >= 4 is 22.9 Å². The van der Waals surface area contributed by atoms with Crippen molar-refractivity contribution in [2.24, 2.45) is 0 Å². The summed E-state index contributed by atoms with van der Waals surface area (Å²) in [5, 5.41) is 11.5. The Hall–Kier alpha value is -0.790. The molecule has 2 amide bonds. The van der Waals surface area contributed by atoms with Crippen molar-refractivity contribution < 1.29 is 14.7 Å². The van der Waals surface area contributed by atoms with Gasteiger partial charge < -0.3 is 15.3 Å². The van der Waals surface area contributed by atoms with Crippen molar-refractivity contribution in [3.8, 4) is 0 Å². The summed E-state index contributed by atoms with van der Waals surface area (Å²) in [5.74, 6) is 0.563. The fourth-order valence-electron chi connectivity index (χ4n) is 2.29. The average Bonchev–Trinajstić information content (AvgIpc) is 2.65. The zero-order chi connectivity index (χ0) is 13.0. The van der Waals surface area contributed by atoms with Crippen molar-refractivity contribution in [2.75, 3.05) is 45.1 Å². The van der Waals surface area contributed by atoms with E-state index in [1.165, 1.54) is 11.8 Å². The first-order valence-electron chi connectivity index (χ1n) is 6.26. The second-order valence-corrected chi connectivity index (χ2v) is 5.53. The normalized spacial score (nSPS) is 25.9. The molecular weight excluding hydrogens is 254 g/mol. The quantitative estimate of drug-likeness (QED) is 0.714. The number of nitrogens with one attached hydrogen (secondary N) is 1. The third-order valence-corrected chi connectivity index (χ3v) is 4.17. The number of carbonyl (C=O) groups excluding carboxylic acids is 2. The van der Waals surface area contributed by atoms with Gasteiger partial charge in [0.15, 0.2) is 0 Å².